The molecule has 3 heterocycles. The number of alkyl halides is 2. The van der Waals surface area contributed by atoms with Crippen molar-refractivity contribution in [1.82, 2.24) is 24.6 Å². The molecule has 0 unspecified atom stereocenters. The van der Waals surface area contributed by atoms with Gasteiger partial charge in [-0.05, 0) is 48.6 Å². The minimum atomic E-state index is -3.36. The fraction of sp³-hybridized carbons (Fsp3) is 0.444. The summed E-state index contributed by atoms with van der Waals surface area (Å²) < 4.78 is 37.0. The Hall–Kier alpha value is -3.97. The smallest absolute Gasteiger partial charge is 0.301 e. The number of aryl methyl sites for hydroxylation is 2. The van der Waals surface area contributed by atoms with Crippen LogP contribution in [0.15, 0.2) is 43.0 Å². The van der Waals surface area contributed by atoms with Crippen LogP contribution in [0.1, 0.15) is 29.9 Å². The van der Waals surface area contributed by atoms with Gasteiger partial charge < -0.3 is 25.2 Å². The predicted molar refractivity (Wildman–Crippen MR) is 139 cm³/mol. The Labute approximate surface area is 228 Å². The van der Waals surface area contributed by atoms with Crippen molar-refractivity contribution in [3.63, 3.8) is 0 Å². The molecule has 4 atom stereocenters. The molecule has 2 aromatic heterocycles. The molecule has 11 nitrogen and oxygen atoms in total. The Morgan fingerprint density at radius 3 is 2.75 bits per heavy atom. The molecule has 1 saturated heterocycles. The van der Waals surface area contributed by atoms with E-state index in [1.165, 1.54) is 6.33 Å². The second kappa shape index (κ2) is 10.9. The molecule has 13 heteroatoms. The first kappa shape index (κ1) is 27.6. The first-order valence-electron chi connectivity index (χ1n) is 12.9. The van der Waals surface area contributed by atoms with E-state index in [0.717, 1.165) is 16.9 Å². The maximum absolute atomic E-state index is 14.8. The van der Waals surface area contributed by atoms with Crippen LogP contribution in [0.3, 0.4) is 0 Å². The minimum Gasteiger partial charge on any atom is -0.484 e. The number of aliphatic hydroxyl groups excluding tert-OH is 2. The van der Waals surface area contributed by atoms with E-state index in [2.05, 4.69) is 20.4 Å². The van der Waals surface area contributed by atoms with Crippen LogP contribution in [0.5, 0.6) is 5.75 Å². The summed E-state index contributed by atoms with van der Waals surface area (Å²) in [6, 6.07) is 6.66. The lowest BCUT2D eigenvalue weighted by atomic mass is 10.0. The van der Waals surface area contributed by atoms with E-state index in [9.17, 15) is 23.5 Å². The van der Waals surface area contributed by atoms with Crippen molar-refractivity contribution in [1.29, 1.82) is 0 Å². The summed E-state index contributed by atoms with van der Waals surface area (Å²) in [6.07, 6.45) is 2.43. The number of ether oxygens (including phenoxy) is 1. The Balaban J connectivity index is 1.22. The van der Waals surface area contributed by atoms with E-state index >= 15 is 0 Å². The number of aliphatic hydroxyl groups is 2. The lowest BCUT2D eigenvalue weighted by Crippen LogP contribution is -2.57. The average Bonchev–Trinajstić information content (AvgIpc) is 3.62. The number of benzene rings is 1. The quantitative estimate of drug-likeness (QED) is 0.382. The highest BCUT2D eigenvalue weighted by Gasteiger charge is 2.48. The molecule has 0 spiro atoms. The van der Waals surface area contributed by atoms with Crippen LogP contribution in [0.2, 0.25) is 0 Å². The number of hydrogen-bond donors (Lipinski definition) is 3. The van der Waals surface area contributed by atoms with Crippen molar-refractivity contribution >= 4 is 17.6 Å². The summed E-state index contributed by atoms with van der Waals surface area (Å²) in [4.78, 5) is 34.0. The molecule has 1 saturated carbocycles. The SMILES string of the molecule is Cc1cc(-c2cc(NC(=O)[C@@H]3C[C@H]3c3cnn(C)c3)ncn2)ccc1O[C@H]1CCN(C(=O)[C@@H](O)CO)CC1(F)F. The lowest BCUT2D eigenvalue weighted by Gasteiger charge is -2.38. The second-order valence-electron chi connectivity index (χ2n) is 10.3. The zero-order valence-corrected chi connectivity index (χ0v) is 22.0. The summed E-state index contributed by atoms with van der Waals surface area (Å²) >= 11 is 0. The van der Waals surface area contributed by atoms with Crippen molar-refractivity contribution in [3.05, 3.63) is 54.1 Å². The molecule has 0 radical (unpaired) electrons. The summed E-state index contributed by atoms with van der Waals surface area (Å²) in [5, 5.41) is 25.4. The number of nitrogens with zero attached hydrogens (tertiary/aromatic N) is 5. The number of amides is 2. The van der Waals surface area contributed by atoms with Gasteiger partial charge in [0.2, 0.25) is 5.91 Å². The fourth-order valence-electron chi connectivity index (χ4n) is 4.92. The predicted octanol–water partition coefficient (Wildman–Crippen LogP) is 1.90. The van der Waals surface area contributed by atoms with Gasteiger partial charge in [-0.2, -0.15) is 5.10 Å². The number of nitrogens with one attached hydrogen (secondary N) is 1. The van der Waals surface area contributed by atoms with Gasteiger partial charge in [0.25, 0.3) is 5.91 Å². The third-order valence-electron chi connectivity index (χ3n) is 7.24. The summed E-state index contributed by atoms with van der Waals surface area (Å²) in [6.45, 7) is -0.0565. The molecule has 212 valence electrons. The Kier molecular flexibility index (Phi) is 7.51. The molecule has 3 N–H and O–H groups in total. The summed E-state index contributed by atoms with van der Waals surface area (Å²) in [5.74, 6) is -3.81. The van der Waals surface area contributed by atoms with Gasteiger partial charge in [0.15, 0.2) is 12.2 Å². The van der Waals surface area contributed by atoms with Crippen LogP contribution in [-0.2, 0) is 16.6 Å². The topological polar surface area (TPSA) is 143 Å². The highest BCUT2D eigenvalue weighted by atomic mass is 19.3. The third-order valence-corrected chi connectivity index (χ3v) is 7.24. The molecule has 2 aliphatic rings. The van der Waals surface area contributed by atoms with Gasteiger partial charge >= 0.3 is 5.92 Å². The second-order valence-corrected chi connectivity index (χ2v) is 10.3. The van der Waals surface area contributed by atoms with E-state index in [0.29, 0.717) is 22.6 Å². The number of hydrogen-bond acceptors (Lipinski definition) is 8. The van der Waals surface area contributed by atoms with E-state index in [1.807, 2.05) is 13.2 Å². The number of rotatable bonds is 8. The van der Waals surface area contributed by atoms with Gasteiger partial charge in [0, 0.05) is 43.8 Å². The molecule has 1 aliphatic heterocycles. The molecule has 40 heavy (non-hydrogen) atoms. The molecule has 3 aromatic rings. The first-order valence-corrected chi connectivity index (χ1v) is 12.9. The maximum Gasteiger partial charge on any atom is 0.301 e. The number of halogens is 2. The molecule has 2 amide bonds. The monoisotopic (exact) mass is 556 g/mol. The maximum atomic E-state index is 14.8. The highest BCUT2D eigenvalue weighted by molar-refractivity contribution is 5.94. The van der Waals surface area contributed by atoms with Crippen molar-refractivity contribution in [2.24, 2.45) is 13.0 Å². The van der Waals surface area contributed by atoms with Crippen LogP contribution in [0.25, 0.3) is 11.3 Å². The zero-order chi connectivity index (χ0) is 28.6. The minimum absolute atomic E-state index is 0.0352. The lowest BCUT2D eigenvalue weighted by molar-refractivity contribution is -0.167. The number of carbonyl (C=O) groups is 2. The molecule has 1 aromatic carbocycles. The Bertz CT molecular complexity index is 1420. The van der Waals surface area contributed by atoms with Gasteiger partial charge in [-0.15, -0.1) is 0 Å². The van der Waals surface area contributed by atoms with Crippen molar-refractivity contribution in [2.75, 3.05) is 25.0 Å². The van der Waals surface area contributed by atoms with Gasteiger partial charge in [-0.3, -0.25) is 14.3 Å². The molecule has 2 fully saturated rings. The van der Waals surface area contributed by atoms with E-state index in [4.69, 9.17) is 9.84 Å². The number of carbonyl (C=O) groups excluding carboxylic acids is 2. The molecule has 1 aliphatic carbocycles. The van der Waals surface area contributed by atoms with Crippen molar-refractivity contribution in [3.8, 4) is 17.0 Å². The van der Waals surface area contributed by atoms with Crippen LogP contribution in [0, 0.1) is 12.8 Å². The molecule has 5 rings (SSSR count). The van der Waals surface area contributed by atoms with Crippen LogP contribution in [0.4, 0.5) is 14.6 Å². The standard InChI is InChI=1S/C27H30F2N6O5/c1-15-7-16(3-4-22(15)40-23-5-6-35(13-27(23,28)29)26(39)21(37)12-36)20-9-24(31-14-30-20)33-25(38)19-8-18(19)17-10-32-34(2)11-17/h3-4,7,9-11,14,18-19,21,23,36-37H,5-6,8,12-13H2,1-2H3,(H,30,31,33,38)/t18-,19+,21-,23-/m0/s1. The highest BCUT2D eigenvalue weighted by Crippen LogP contribution is 2.47. The van der Waals surface area contributed by atoms with E-state index in [1.54, 1.807) is 42.1 Å². The van der Waals surface area contributed by atoms with Gasteiger partial charge in [0.1, 0.15) is 17.9 Å². The Morgan fingerprint density at radius 1 is 1.27 bits per heavy atom. The van der Waals surface area contributed by atoms with Crippen LogP contribution in [-0.4, -0.2) is 84.5 Å². The number of anilines is 1. The number of aromatic nitrogens is 4. The number of piperidine rings is 1. The molecule has 0 bridgehead atoms. The van der Waals surface area contributed by atoms with Crippen LogP contribution >= 0.6 is 0 Å². The normalized spacial score (nSPS) is 22.4. The van der Waals surface area contributed by atoms with Crippen LogP contribution < -0.4 is 10.1 Å². The first-order chi connectivity index (χ1) is 19.1. The largest absolute Gasteiger partial charge is 0.484 e. The fourth-order valence-corrected chi connectivity index (χ4v) is 4.92. The van der Waals surface area contributed by atoms with Gasteiger partial charge in [0.05, 0.1) is 25.0 Å². The Morgan fingerprint density at radius 2 is 2.08 bits per heavy atom. The summed E-state index contributed by atoms with van der Waals surface area (Å²) in [5.41, 5.74) is 2.86. The zero-order valence-electron chi connectivity index (χ0n) is 22.0. The van der Waals surface area contributed by atoms with Crippen molar-refractivity contribution < 1.29 is 33.3 Å². The molecular weight excluding hydrogens is 526 g/mol. The summed E-state index contributed by atoms with van der Waals surface area (Å²) in [7, 11) is 1.83. The molecular formula is C27H30F2N6O5. The van der Waals surface area contributed by atoms with E-state index < -0.39 is 37.2 Å². The third kappa shape index (κ3) is 5.80. The van der Waals surface area contributed by atoms with Gasteiger partial charge in [-0.1, -0.05) is 0 Å². The number of likely N-dealkylation sites (tertiary alicyclic amines) is 1. The van der Waals surface area contributed by atoms with Gasteiger partial charge in [-0.25, -0.2) is 18.7 Å². The van der Waals surface area contributed by atoms with Crippen molar-refractivity contribution in [2.45, 2.75) is 43.8 Å². The van der Waals surface area contributed by atoms with E-state index in [-0.39, 0.29) is 36.5 Å². The average molecular weight is 557 g/mol.